The molecule has 1 aliphatic rings. The zero-order chi connectivity index (χ0) is 17.3. The Morgan fingerprint density at radius 1 is 1.21 bits per heavy atom. The summed E-state index contributed by atoms with van der Waals surface area (Å²) in [7, 11) is 1.37. The fourth-order valence-electron chi connectivity index (χ4n) is 3.10. The van der Waals surface area contributed by atoms with E-state index in [4.69, 9.17) is 4.74 Å². The van der Waals surface area contributed by atoms with Crippen molar-refractivity contribution >= 4 is 28.2 Å². The summed E-state index contributed by atoms with van der Waals surface area (Å²) in [5.74, 6) is -0.691. The van der Waals surface area contributed by atoms with Gasteiger partial charge in [-0.15, -0.1) is 11.3 Å². The maximum absolute atomic E-state index is 12.6. The molecule has 0 atom stereocenters. The lowest BCUT2D eigenvalue weighted by Gasteiger charge is -2.11. The van der Waals surface area contributed by atoms with Gasteiger partial charge in [0.05, 0.1) is 12.7 Å². The van der Waals surface area contributed by atoms with Crippen LogP contribution in [0.15, 0.2) is 12.1 Å². The molecule has 2 aromatic heterocycles. The number of aromatic nitrogens is 1. The van der Waals surface area contributed by atoms with Crippen LogP contribution in [0.5, 0.6) is 0 Å². The van der Waals surface area contributed by atoms with Crippen molar-refractivity contribution in [1.82, 2.24) is 4.98 Å². The van der Waals surface area contributed by atoms with Gasteiger partial charge < -0.3 is 10.1 Å². The monoisotopic (exact) mass is 344 g/mol. The molecule has 1 N–H and O–H groups in total. The van der Waals surface area contributed by atoms with E-state index in [1.807, 2.05) is 19.9 Å². The quantitative estimate of drug-likeness (QED) is 0.863. The minimum absolute atomic E-state index is 0.300. The molecule has 0 spiro atoms. The molecule has 0 saturated heterocycles. The number of hydrogen-bond acceptors (Lipinski definition) is 5. The third-order valence-corrected chi connectivity index (χ3v) is 5.33. The summed E-state index contributed by atoms with van der Waals surface area (Å²) >= 11 is 1.48. The van der Waals surface area contributed by atoms with Gasteiger partial charge >= 0.3 is 5.97 Å². The number of carbonyl (C=O) groups is 2. The van der Waals surface area contributed by atoms with Crippen LogP contribution >= 0.6 is 11.3 Å². The molecule has 2 aromatic rings. The molecule has 0 aliphatic heterocycles. The molecular formula is C18H20N2O3S. The number of aryl methyl sites for hydroxylation is 3. The molecule has 24 heavy (non-hydrogen) atoms. The average molecular weight is 344 g/mol. The smallest absolute Gasteiger partial charge is 0.341 e. The lowest BCUT2D eigenvalue weighted by Crippen LogP contribution is -2.16. The van der Waals surface area contributed by atoms with Crippen molar-refractivity contribution in [2.75, 3.05) is 12.4 Å². The van der Waals surface area contributed by atoms with Crippen LogP contribution in [-0.4, -0.2) is 24.0 Å². The van der Waals surface area contributed by atoms with Gasteiger partial charge in [0.25, 0.3) is 5.91 Å². The molecule has 3 rings (SSSR count). The lowest BCUT2D eigenvalue weighted by molar-refractivity contribution is 0.0601. The Balaban J connectivity index is 1.95. The van der Waals surface area contributed by atoms with Crippen LogP contribution in [0.2, 0.25) is 0 Å². The summed E-state index contributed by atoms with van der Waals surface area (Å²) in [6.45, 7) is 3.78. The molecule has 0 bridgehead atoms. The highest BCUT2D eigenvalue weighted by atomic mass is 32.1. The number of ether oxygens (including phenoxy) is 1. The topological polar surface area (TPSA) is 68.3 Å². The summed E-state index contributed by atoms with van der Waals surface area (Å²) in [5.41, 5.74) is 3.66. The van der Waals surface area contributed by atoms with E-state index in [1.165, 1.54) is 23.3 Å². The van der Waals surface area contributed by atoms with Gasteiger partial charge in [-0.3, -0.25) is 4.79 Å². The number of rotatable bonds is 3. The van der Waals surface area contributed by atoms with Crippen molar-refractivity contribution in [3.05, 3.63) is 45.1 Å². The maximum atomic E-state index is 12.6. The first kappa shape index (κ1) is 16.6. The van der Waals surface area contributed by atoms with Gasteiger partial charge in [-0.2, -0.15) is 0 Å². The molecule has 0 aromatic carbocycles. The minimum atomic E-state index is -0.391. The average Bonchev–Trinajstić information content (AvgIpc) is 2.91. The molecule has 0 fully saturated rings. The number of thiophene rings is 1. The Bertz CT molecular complexity index is 791. The third kappa shape index (κ3) is 3.19. The maximum Gasteiger partial charge on any atom is 0.341 e. The van der Waals surface area contributed by atoms with Gasteiger partial charge in [-0.1, -0.05) is 0 Å². The van der Waals surface area contributed by atoms with E-state index in [2.05, 4.69) is 10.3 Å². The Morgan fingerprint density at radius 3 is 2.67 bits per heavy atom. The second-order valence-electron chi connectivity index (χ2n) is 6.03. The standard InChI is InChI=1S/C18H20N2O3S/c1-10-8-11(2)19-13(9-10)16(21)20-17-15(18(22)23-3)12-6-4-5-7-14(12)24-17/h8-9H,4-7H2,1-3H3,(H,20,21). The van der Waals surface area contributed by atoms with Crippen LogP contribution in [0.4, 0.5) is 5.00 Å². The van der Waals surface area contributed by atoms with Gasteiger partial charge in [-0.25, -0.2) is 9.78 Å². The largest absolute Gasteiger partial charge is 0.465 e. The third-order valence-electron chi connectivity index (χ3n) is 4.12. The van der Waals surface area contributed by atoms with E-state index in [0.29, 0.717) is 16.3 Å². The summed E-state index contributed by atoms with van der Waals surface area (Å²) in [6.07, 6.45) is 3.97. The molecule has 1 aliphatic carbocycles. The number of anilines is 1. The Kier molecular flexibility index (Phi) is 4.66. The van der Waals surface area contributed by atoms with E-state index in [1.54, 1.807) is 6.07 Å². The van der Waals surface area contributed by atoms with Gasteiger partial charge in [0.1, 0.15) is 10.7 Å². The van der Waals surface area contributed by atoms with Crippen LogP contribution < -0.4 is 5.32 Å². The number of amides is 1. The first-order chi connectivity index (χ1) is 11.5. The molecular weight excluding hydrogens is 324 g/mol. The fraction of sp³-hybridized carbons (Fsp3) is 0.389. The molecule has 6 heteroatoms. The van der Waals surface area contributed by atoms with E-state index < -0.39 is 5.97 Å². The Hall–Kier alpha value is -2.21. The highest BCUT2D eigenvalue weighted by molar-refractivity contribution is 7.17. The van der Waals surface area contributed by atoms with Crippen LogP contribution in [0.25, 0.3) is 0 Å². The lowest BCUT2D eigenvalue weighted by atomic mass is 9.95. The van der Waals surface area contributed by atoms with Gasteiger partial charge in [0, 0.05) is 10.6 Å². The zero-order valence-corrected chi connectivity index (χ0v) is 14.9. The first-order valence-electron chi connectivity index (χ1n) is 7.99. The number of esters is 1. The van der Waals surface area contributed by atoms with Crippen LogP contribution in [0, 0.1) is 13.8 Å². The summed E-state index contributed by atoms with van der Waals surface area (Å²) in [6, 6.07) is 3.66. The SMILES string of the molecule is COC(=O)c1c(NC(=O)c2cc(C)cc(C)n2)sc2c1CCCC2. The number of fused-ring (bicyclic) bond motifs is 1. The van der Waals surface area contributed by atoms with Crippen molar-refractivity contribution in [3.8, 4) is 0 Å². The number of methoxy groups -OCH3 is 1. The van der Waals surface area contributed by atoms with Crippen molar-refractivity contribution in [1.29, 1.82) is 0 Å². The Morgan fingerprint density at radius 2 is 1.96 bits per heavy atom. The fourth-order valence-corrected chi connectivity index (χ4v) is 4.37. The van der Waals surface area contributed by atoms with Gasteiger partial charge in [-0.05, 0) is 62.8 Å². The van der Waals surface area contributed by atoms with E-state index in [0.717, 1.165) is 42.5 Å². The normalized spacial score (nSPS) is 13.3. The number of nitrogens with one attached hydrogen (secondary N) is 1. The van der Waals surface area contributed by atoms with E-state index in [9.17, 15) is 9.59 Å². The van der Waals surface area contributed by atoms with Crippen LogP contribution in [0.1, 0.15) is 55.4 Å². The molecule has 5 nitrogen and oxygen atoms in total. The molecule has 1 amide bonds. The Labute approximate surface area is 145 Å². The van der Waals surface area contributed by atoms with E-state index in [-0.39, 0.29) is 5.91 Å². The van der Waals surface area contributed by atoms with Crippen LogP contribution in [0.3, 0.4) is 0 Å². The number of carbonyl (C=O) groups excluding carboxylic acids is 2. The second kappa shape index (κ2) is 6.73. The summed E-state index contributed by atoms with van der Waals surface area (Å²) < 4.78 is 4.93. The van der Waals surface area contributed by atoms with Crippen molar-refractivity contribution in [2.45, 2.75) is 39.5 Å². The zero-order valence-electron chi connectivity index (χ0n) is 14.1. The highest BCUT2D eigenvalue weighted by Crippen LogP contribution is 2.38. The van der Waals surface area contributed by atoms with Crippen molar-refractivity contribution < 1.29 is 14.3 Å². The summed E-state index contributed by atoms with van der Waals surface area (Å²) in [5, 5.41) is 3.44. The molecule has 0 unspecified atom stereocenters. The van der Waals surface area contributed by atoms with Crippen molar-refractivity contribution in [3.63, 3.8) is 0 Å². The van der Waals surface area contributed by atoms with Crippen molar-refractivity contribution in [2.24, 2.45) is 0 Å². The predicted octanol–water partition coefficient (Wildman–Crippen LogP) is 3.68. The predicted molar refractivity (Wildman–Crippen MR) is 94.0 cm³/mol. The molecule has 0 saturated carbocycles. The number of pyridine rings is 1. The minimum Gasteiger partial charge on any atom is -0.465 e. The molecule has 2 heterocycles. The van der Waals surface area contributed by atoms with E-state index >= 15 is 0 Å². The molecule has 126 valence electrons. The van der Waals surface area contributed by atoms with Gasteiger partial charge in [0.15, 0.2) is 0 Å². The highest BCUT2D eigenvalue weighted by Gasteiger charge is 2.27. The summed E-state index contributed by atoms with van der Waals surface area (Å²) in [4.78, 5) is 30.2. The van der Waals surface area contributed by atoms with Gasteiger partial charge in [0.2, 0.25) is 0 Å². The first-order valence-corrected chi connectivity index (χ1v) is 8.80. The van der Waals surface area contributed by atoms with Crippen LogP contribution in [-0.2, 0) is 17.6 Å². The number of nitrogens with zero attached hydrogens (tertiary/aromatic N) is 1. The molecule has 0 radical (unpaired) electrons. The second-order valence-corrected chi connectivity index (χ2v) is 7.14. The number of hydrogen-bond donors (Lipinski definition) is 1.